The predicted octanol–water partition coefficient (Wildman–Crippen LogP) is 1.40. The summed E-state index contributed by atoms with van der Waals surface area (Å²) in [7, 11) is 3.64. The van der Waals surface area contributed by atoms with Gasteiger partial charge in [-0.1, -0.05) is 0 Å². The minimum atomic E-state index is 0. The second kappa shape index (κ2) is 9.90. The summed E-state index contributed by atoms with van der Waals surface area (Å²) >= 11 is 1.74. The highest BCUT2D eigenvalue weighted by atomic mass is 127. The van der Waals surface area contributed by atoms with Gasteiger partial charge in [0.1, 0.15) is 12.2 Å². The van der Waals surface area contributed by atoms with Gasteiger partial charge in [-0.05, 0) is 12.8 Å². The molecule has 10 heteroatoms. The molecule has 0 atom stereocenters. The molecule has 0 aromatic carbocycles. The topological polar surface area (TPSA) is 83.3 Å². The number of hydrogen-bond donors (Lipinski definition) is 2. The molecule has 0 bridgehead atoms. The molecule has 1 aliphatic rings. The molecule has 8 nitrogen and oxygen atoms in total. The number of halogens is 1. The van der Waals surface area contributed by atoms with Gasteiger partial charge in [0, 0.05) is 45.5 Å². The Morgan fingerprint density at radius 2 is 2.12 bits per heavy atom. The smallest absolute Gasteiger partial charge is 0.191 e. The van der Waals surface area contributed by atoms with Gasteiger partial charge >= 0.3 is 0 Å². The highest BCUT2D eigenvalue weighted by Gasteiger charge is 2.15. The van der Waals surface area contributed by atoms with Crippen molar-refractivity contribution in [1.29, 1.82) is 0 Å². The zero-order chi connectivity index (χ0) is 16.8. The van der Waals surface area contributed by atoms with Crippen LogP contribution in [0.2, 0.25) is 0 Å². The van der Waals surface area contributed by atoms with Crippen molar-refractivity contribution >= 4 is 46.4 Å². The van der Waals surface area contributed by atoms with Crippen molar-refractivity contribution in [2.45, 2.75) is 25.8 Å². The average molecular weight is 476 g/mol. The monoisotopic (exact) mass is 476 g/mol. The molecule has 2 aromatic rings. The van der Waals surface area contributed by atoms with E-state index in [1.807, 2.05) is 7.05 Å². The van der Waals surface area contributed by atoms with Gasteiger partial charge in [-0.25, -0.2) is 9.97 Å². The largest absolute Gasteiger partial charge is 0.356 e. The number of thiazole rings is 1. The molecule has 0 radical (unpaired) electrons. The van der Waals surface area contributed by atoms with Crippen LogP contribution in [0.25, 0.3) is 0 Å². The summed E-state index contributed by atoms with van der Waals surface area (Å²) in [5.74, 6) is 1.63. The van der Waals surface area contributed by atoms with E-state index in [9.17, 15) is 0 Å². The van der Waals surface area contributed by atoms with Crippen molar-refractivity contribution in [3.05, 3.63) is 23.2 Å². The van der Waals surface area contributed by atoms with E-state index in [4.69, 9.17) is 4.98 Å². The first-order valence-corrected chi connectivity index (χ1v) is 9.11. The van der Waals surface area contributed by atoms with Crippen molar-refractivity contribution in [3.8, 4) is 0 Å². The molecule has 0 saturated carbocycles. The van der Waals surface area contributed by atoms with E-state index >= 15 is 0 Å². The summed E-state index contributed by atoms with van der Waals surface area (Å²) in [4.78, 5) is 15.5. The quantitative estimate of drug-likeness (QED) is 0.373. The maximum Gasteiger partial charge on any atom is 0.191 e. The van der Waals surface area contributed by atoms with Crippen LogP contribution >= 0.6 is 35.3 Å². The third-order valence-electron chi connectivity index (χ3n) is 4.03. The van der Waals surface area contributed by atoms with Gasteiger partial charge in [0.05, 0.1) is 12.2 Å². The summed E-state index contributed by atoms with van der Waals surface area (Å²) in [6.45, 7) is 3.67. The van der Waals surface area contributed by atoms with Crippen LogP contribution in [0, 0.1) is 0 Å². The Kier molecular flexibility index (Phi) is 7.88. The third-order valence-corrected chi connectivity index (χ3v) is 4.98. The SMILES string of the molecule is CN=C(NCCc1csc(N2CCCC2)n1)NCc1ncnn1C.I. The van der Waals surface area contributed by atoms with Gasteiger partial charge in [0.15, 0.2) is 11.1 Å². The Balaban J connectivity index is 0.00000225. The van der Waals surface area contributed by atoms with E-state index in [1.165, 1.54) is 12.8 Å². The van der Waals surface area contributed by atoms with Crippen molar-refractivity contribution in [3.63, 3.8) is 0 Å². The lowest BCUT2D eigenvalue weighted by atomic mass is 10.3. The standard InChI is InChI=1S/C15H24N8S.HI/c1-16-14(18-9-13-19-11-20-22(13)2)17-6-5-12-10-24-15(21-12)23-7-3-4-8-23;/h10-11H,3-9H2,1-2H3,(H2,16,17,18);1H. The number of aliphatic imine (C=N–C) groups is 1. The number of nitrogens with zero attached hydrogens (tertiary/aromatic N) is 6. The Hall–Kier alpha value is -1.43. The first-order chi connectivity index (χ1) is 11.8. The summed E-state index contributed by atoms with van der Waals surface area (Å²) in [5.41, 5.74) is 1.14. The lowest BCUT2D eigenvalue weighted by molar-refractivity contribution is 0.672. The highest BCUT2D eigenvalue weighted by molar-refractivity contribution is 14.0. The molecule has 0 spiro atoms. The van der Waals surface area contributed by atoms with Gasteiger partial charge < -0.3 is 15.5 Å². The van der Waals surface area contributed by atoms with Crippen LogP contribution in [0.3, 0.4) is 0 Å². The van der Waals surface area contributed by atoms with Crippen LogP contribution in [-0.4, -0.2) is 52.4 Å². The third kappa shape index (κ3) is 5.53. The number of guanidine groups is 1. The van der Waals surface area contributed by atoms with Crippen LogP contribution in [-0.2, 0) is 20.0 Å². The van der Waals surface area contributed by atoms with E-state index in [0.29, 0.717) is 6.54 Å². The van der Waals surface area contributed by atoms with Gasteiger partial charge in [0.25, 0.3) is 0 Å². The summed E-state index contributed by atoms with van der Waals surface area (Å²) in [6, 6.07) is 0. The molecule has 0 amide bonds. The second-order valence-electron chi connectivity index (χ2n) is 5.72. The first kappa shape index (κ1) is 19.9. The first-order valence-electron chi connectivity index (χ1n) is 8.23. The van der Waals surface area contributed by atoms with Crippen molar-refractivity contribution < 1.29 is 0 Å². The lowest BCUT2D eigenvalue weighted by Gasteiger charge is -2.12. The fourth-order valence-electron chi connectivity index (χ4n) is 2.64. The van der Waals surface area contributed by atoms with Crippen LogP contribution < -0.4 is 15.5 Å². The zero-order valence-corrected chi connectivity index (χ0v) is 17.8. The molecular weight excluding hydrogens is 451 g/mol. The van der Waals surface area contributed by atoms with E-state index in [-0.39, 0.29) is 24.0 Å². The minimum absolute atomic E-state index is 0. The van der Waals surface area contributed by atoms with Crippen LogP contribution in [0.1, 0.15) is 24.4 Å². The molecular formula is C15H25IN8S. The number of aryl methyl sites for hydroxylation is 1. The number of anilines is 1. The van der Waals surface area contributed by atoms with E-state index in [1.54, 1.807) is 29.4 Å². The molecule has 3 rings (SSSR count). The molecule has 1 aliphatic heterocycles. The molecule has 138 valence electrons. The Morgan fingerprint density at radius 1 is 1.32 bits per heavy atom. The normalized spacial score (nSPS) is 14.5. The zero-order valence-electron chi connectivity index (χ0n) is 14.6. The summed E-state index contributed by atoms with van der Waals surface area (Å²) < 4.78 is 1.75. The fourth-order valence-corrected chi connectivity index (χ4v) is 3.55. The van der Waals surface area contributed by atoms with E-state index in [0.717, 1.165) is 48.7 Å². The van der Waals surface area contributed by atoms with Gasteiger partial charge in [-0.2, -0.15) is 5.10 Å². The van der Waals surface area contributed by atoms with E-state index < -0.39 is 0 Å². The maximum absolute atomic E-state index is 4.74. The molecule has 2 N–H and O–H groups in total. The van der Waals surface area contributed by atoms with Gasteiger partial charge in [0.2, 0.25) is 0 Å². The Morgan fingerprint density at radius 3 is 2.80 bits per heavy atom. The van der Waals surface area contributed by atoms with Crippen molar-refractivity contribution in [1.82, 2.24) is 30.4 Å². The minimum Gasteiger partial charge on any atom is -0.356 e. The Bertz CT molecular complexity index is 677. The molecule has 1 saturated heterocycles. The Labute approximate surface area is 169 Å². The molecule has 2 aromatic heterocycles. The number of hydrogen-bond acceptors (Lipinski definition) is 6. The molecule has 0 unspecified atom stereocenters. The average Bonchev–Trinajstić information content (AvgIpc) is 3.32. The number of rotatable bonds is 6. The van der Waals surface area contributed by atoms with Crippen LogP contribution in [0.4, 0.5) is 5.13 Å². The van der Waals surface area contributed by atoms with Gasteiger partial charge in [-0.3, -0.25) is 9.67 Å². The summed E-state index contributed by atoms with van der Waals surface area (Å²) in [6.07, 6.45) is 5.00. The van der Waals surface area contributed by atoms with Crippen LogP contribution in [0.15, 0.2) is 16.7 Å². The lowest BCUT2D eigenvalue weighted by Crippen LogP contribution is -2.38. The van der Waals surface area contributed by atoms with Gasteiger partial charge in [-0.15, -0.1) is 35.3 Å². The van der Waals surface area contributed by atoms with Crippen LogP contribution in [0.5, 0.6) is 0 Å². The maximum atomic E-state index is 4.74. The number of nitrogens with one attached hydrogen (secondary N) is 2. The highest BCUT2D eigenvalue weighted by Crippen LogP contribution is 2.24. The van der Waals surface area contributed by atoms with E-state index in [2.05, 4.69) is 36.0 Å². The predicted molar refractivity (Wildman–Crippen MR) is 112 cm³/mol. The fraction of sp³-hybridized carbons (Fsp3) is 0.600. The molecule has 1 fully saturated rings. The summed E-state index contributed by atoms with van der Waals surface area (Å²) in [5, 5.41) is 13.9. The molecule has 25 heavy (non-hydrogen) atoms. The van der Waals surface area contributed by atoms with Crippen molar-refractivity contribution in [2.24, 2.45) is 12.0 Å². The van der Waals surface area contributed by atoms with Crippen molar-refractivity contribution in [2.75, 3.05) is 31.6 Å². The molecule has 3 heterocycles. The molecule has 0 aliphatic carbocycles. The number of aromatic nitrogens is 4. The second-order valence-corrected chi connectivity index (χ2v) is 6.55.